The molecule has 1 aliphatic rings. The van der Waals surface area contributed by atoms with E-state index in [-0.39, 0.29) is 22.4 Å². The molecule has 1 unspecified atom stereocenters. The third kappa shape index (κ3) is 6.23. The minimum Gasteiger partial charge on any atom is -0.493 e. The van der Waals surface area contributed by atoms with E-state index in [9.17, 15) is 14.4 Å². The third-order valence-electron chi connectivity index (χ3n) is 5.35. The Labute approximate surface area is 201 Å². The Bertz CT molecular complexity index is 1150. The highest BCUT2D eigenvalue weighted by Gasteiger charge is 2.31. The molecule has 2 atom stereocenters. The number of nitrogens with zero attached hydrogens (tertiary/aromatic N) is 1. The molecule has 1 aliphatic heterocycles. The first kappa shape index (κ1) is 23.5. The molecule has 4 rings (SSSR count). The molecule has 2 aromatic carbocycles. The lowest BCUT2D eigenvalue weighted by molar-refractivity contribution is -0.118. The Morgan fingerprint density at radius 1 is 1.06 bits per heavy atom. The number of esters is 1. The monoisotopic (exact) mass is 476 g/mol. The van der Waals surface area contributed by atoms with E-state index in [4.69, 9.17) is 9.47 Å². The van der Waals surface area contributed by atoms with Crippen molar-refractivity contribution in [3.05, 3.63) is 95.3 Å². The van der Waals surface area contributed by atoms with Crippen LogP contribution < -0.4 is 10.1 Å². The van der Waals surface area contributed by atoms with Gasteiger partial charge < -0.3 is 9.47 Å². The Morgan fingerprint density at radius 3 is 2.47 bits per heavy atom. The standard InChI is InChI=1S/C26H24N2O5S/c1-17(33-25(30)19-5-3-2-4-6-19)20-9-10-21(27-16-20)13-14-32-22-11-7-18(8-12-22)15-23-24(29)28-26(31)34-23/h2-12,16-17,23H,13-15H2,1H3,(H,28,29,31)/t17?,23-/m0/s1. The first-order valence-electron chi connectivity index (χ1n) is 10.9. The largest absolute Gasteiger partial charge is 0.493 e. The van der Waals surface area contributed by atoms with Crippen molar-refractivity contribution in [3.8, 4) is 5.75 Å². The fourth-order valence-electron chi connectivity index (χ4n) is 3.43. The summed E-state index contributed by atoms with van der Waals surface area (Å²) in [5, 5.41) is 1.63. The Balaban J connectivity index is 1.22. The molecule has 0 saturated carbocycles. The number of pyridine rings is 1. The van der Waals surface area contributed by atoms with Crippen molar-refractivity contribution in [2.24, 2.45) is 0 Å². The average Bonchev–Trinajstić information content (AvgIpc) is 3.17. The molecule has 8 heteroatoms. The van der Waals surface area contributed by atoms with Gasteiger partial charge in [-0.25, -0.2) is 4.79 Å². The summed E-state index contributed by atoms with van der Waals surface area (Å²) in [5.41, 5.74) is 3.17. The quantitative estimate of drug-likeness (QED) is 0.454. The van der Waals surface area contributed by atoms with E-state index in [1.807, 2.05) is 49.4 Å². The topological polar surface area (TPSA) is 94.6 Å². The molecule has 1 N–H and O–H groups in total. The zero-order valence-corrected chi connectivity index (χ0v) is 19.4. The predicted octanol–water partition coefficient (Wildman–Crippen LogP) is 4.52. The van der Waals surface area contributed by atoms with E-state index in [0.29, 0.717) is 25.0 Å². The summed E-state index contributed by atoms with van der Waals surface area (Å²) < 4.78 is 11.3. The van der Waals surface area contributed by atoms with Crippen molar-refractivity contribution in [1.29, 1.82) is 0 Å². The molecule has 3 aromatic rings. The minimum atomic E-state index is -0.407. The van der Waals surface area contributed by atoms with E-state index in [1.165, 1.54) is 0 Å². The highest BCUT2D eigenvalue weighted by atomic mass is 32.2. The zero-order chi connectivity index (χ0) is 23.9. The first-order chi connectivity index (χ1) is 16.5. The van der Waals surface area contributed by atoms with E-state index in [1.54, 1.807) is 30.5 Å². The minimum absolute atomic E-state index is 0.238. The van der Waals surface area contributed by atoms with Gasteiger partial charge in [-0.1, -0.05) is 48.2 Å². The van der Waals surface area contributed by atoms with Crippen LogP contribution >= 0.6 is 11.8 Å². The Kier molecular flexibility index (Phi) is 7.59. The van der Waals surface area contributed by atoms with Crippen molar-refractivity contribution < 1.29 is 23.9 Å². The first-order valence-corrected chi connectivity index (χ1v) is 11.8. The van der Waals surface area contributed by atoms with Gasteiger partial charge in [-0.3, -0.25) is 19.9 Å². The molecule has 1 saturated heterocycles. The van der Waals surface area contributed by atoms with Gasteiger partial charge in [0, 0.05) is 23.9 Å². The number of benzene rings is 2. The van der Waals surface area contributed by atoms with Crippen LogP contribution in [0.1, 0.15) is 40.2 Å². The third-order valence-corrected chi connectivity index (χ3v) is 6.33. The molecule has 7 nitrogen and oxygen atoms in total. The van der Waals surface area contributed by atoms with Crippen LogP contribution in [0.15, 0.2) is 72.9 Å². The average molecular weight is 477 g/mol. The van der Waals surface area contributed by atoms with E-state index >= 15 is 0 Å². The highest BCUT2D eigenvalue weighted by Crippen LogP contribution is 2.24. The van der Waals surface area contributed by atoms with Gasteiger partial charge in [0.2, 0.25) is 5.91 Å². The fourth-order valence-corrected chi connectivity index (χ4v) is 4.29. The van der Waals surface area contributed by atoms with Crippen LogP contribution in [0.5, 0.6) is 5.75 Å². The van der Waals surface area contributed by atoms with Gasteiger partial charge in [-0.15, -0.1) is 0 Å². The molecule has 2 amide bonds. The number of imide groups is 1. The van der Waals surface area contributed by atoms with Gasteiger partial charge in [-0.2, -0.15) is 0 Å². The summed E-state index contributed by atoms with van der Waals surface area (Å²) in [6.45, 7) is 2.28. The van der Waals surface area contributed by atoms with Crippen LogP contribution in [-0.2, 0) is 22.4 Å². The number of thioether (sulfide) groups is 1. The number of carbonyl (C=O) groups is 3. The van der Waals surface area contributed by atoms with Crippen LogP contribution in [-0.4, -0.2) is 34.0 Å². The number of rotatable bonds is 9. The lowest BCUT2D eigenvalue weighted by atomic mass is 10.1. The number of hydrogen-bond acceptors (Lipinski definition) is 7. The lowest BCUT2D eigenvalue weighted by Gasteiger charge is -2.14. The zero-order valence-electron chi connectivity index (χ0n) is 18.6. The summed E-state index contributed by atoms with van der Waals surface area (Å²) in [7, 11) is 0. The maximum absolute atomic E-state index is 12.2. The second-order valence-electron chi connectivity index (χ2n) is 7.83. The summed E-state index contributed by atoms with van der Waals surface area (Å²) in [6.07, 6.45) is 2.43. The molecule has 0 bridgehead atoms. The van der Waals surface area contributed by atoms with Gasteiger partial charge in [0.05, 0.1) is 17.4 Å². The van der Waals surface area contributed by atoms with Crippen LogP contribution in [0.2, 0.25) is 0 Å². The summed E-state index contributed by atoms with van der Waals surface area (Å²) in [4.78, 5) is 39.6. The summed E-state index contributed by atoms with van der Waals surface area (Å²) >= 11 is 1.03. The van der Waals surface area contributed by atoms with Crippen molar-refractivity contribution in [3.63, 3.8) is 0 Å². The van der Waals surface area contributed by atoms with E-state index < -0.39 is 6.10 Å². The van der Waals surface area contributed by atoms with Crippen LogP contribution in [0.3, 0.4) is 0 Å². The maximum Gasteiger partial charge on any atom is 0.338 e. The van der Waals surface area contributed by atoms with Crippen molar-refractivity contribution >= 4 is 28.9 Å². The van der Waals surface area contributed by atoms with Gasteiger partial charge >= 0.3 is 5.97 Å². The van der Waals surface area contributed by atoms with Crippen molar-refractivity contribution in [2.45, 2.75) is 31.1 Å². The summed E-state index contributed by atoms with van der Waals surface area (Å²) in [6, 6.07) is 20.2. The molecular weight excluding hydrogens is 452 g/mol. The number of amides is 2. The lowest BCUT2D eigenvalue weighted by Crippen LogP contribution is -2.25. The van der Waals surface area contributed by atoms with E-state index in [0.717, 1.165) is 34.3 Å². The second kappa shape index (κ2) is 11.0. The molecule has 2 heterocycles. The van der Waals surface area contributed by atoms with Gasteiger partial charge in [-0.05, 0) is 49.2 Å². The maximum atomic E-state index is 12.2. The van der Waals surface area contributed by atoms with Gasteiger partial charge in [0.15, 0.2) is 0 Å². The van der Waals surface area contributed by atoms with Crippen LogP contribution in [0, 0.1) is 0 Å². The Hall–Kier alpha value is -3.65. The summed E-state index contributed by atoms with van der Waals surface area (Å²) in [5.74, 6) is 0.120. The van der Waals surface area contributed by atoms with Crippen LogP contribution in [0.25, 0.3) is 0 Å². The number of ether oxygens (including phenoxy) is 2. The molecule has 1 aromatic heterocycles. The molecule has 1 fully saturated rings. The SMILES string of the molecule is CC(OC(=O)c1ccccc1)c1ccc(CCOc2ccc(C[C@@H]3SC(=O)NC3=O)cc2)nc1. The molecule has 0 radical (unpaired) electrons. The van der Waals surface area contributed by atoms with E-state index in [2.05, 4.69) is 10.3 Å². The second-order valence-corrected chi connectivity index (χ2v) is 9.00. The molecule has 0 spiro atoms. The molecular formula is C26H24N2O5S. The number of hydrogen-bond donors (Lipinski definition) is 1. The number of carbonyl (C=O) groups excluding carboxylic acids is 3. The van der Waals surface area contributed by atoms with Gasteiger partial charge in [0.1, 0.15) is 11.9 Å². The Morgan fingerprint density at radius 2 is 1.82 bits per heavy atom. The number of nitrogens with one attached hydrogen (secondary N) is 1. The predicted molar refractivity (Wildman–Crippen MR) is 129 cm³/mol. The number of aromatic nitrogens is 1. The van der Waals surface area contributed by atoms with Crippen molar-refractivity contribution in [2.75, 3.05) is 6.61 Å². The smallest absolute Gasteiger partial charge is 0.338 e. The van der Waals surface area contributed by atoms with Crippen molar-refractivity contribution in [1.82, 2.24) is 10.3 Å². The molecule has 0 aliphatic carbocycles. The highest BCUT2D eigenvalue weighted by molar-refractivity contribution is 8.15. The fraction of sp³-hybridized carbons (Fsp3) is 0.231. The van der Waals surface area contributed by atoms with Gasteiger partial charge in [0.25, 0.3) is 5.24 Å². The van der Waals surface area contributed by atoms with Crippen LogP contribution in [0.4, 0.5) is 4.79 Å². The molecule has 174 valence electrons. The normalized spacial score (nSPS) is 16.1. The molecule has 34 heavy (non-hydrogen) atoms.